The van der Waals surface area contributed by atoms with Gasteiger partial charge in [0.15, 0.2) is 6.61 Å². The van der Waals surface area contributed by atoms with Crippen LogP contribution in [0.15, 0.2) is 53.9 Å². The lowest BCUT2D eigenvalue weighted by Gasteiger charge is -2.08. The normalized spacial score (nSPS) is 10.4. The van der Waals surface area contributed by atoms with Crippen molar-refractivity contribution in [2.75, 3.05) is 11.9 Å². The lowest BCUT2D eigenvalue weighted by molar-refractivity contribution is -0.146. The van der Waals surface area contributed by atoms with E-state index in [4.69, 9.17) is 4.74 Å². The topological polar surface area (TPSA) is 68.3 Å². The van der Waals surface area contributed by atoms with Crippen molar-refractivity contribution in [1.29, 1.82) is 0 Å². The molecule has 1 N–H and O–H groups in total. The predicted octanol–water partition coefficient (Wildman–Crippen LogP) is 4.15. The van der Waals surface area contributed by atoms with Gasteiger partial charge in [-0.05, 0) is 25.5 Å². The molecule has 5 nitrogen and oxygen atoms in total. The number of para-hydroxylation sites is 1. The van der Waals surface area contributed by atoms with Crippen LogP contribution < -0.4 is 5.32 Å². The maximum absolute atomic E-state index is 12.0. The SMILES string of the molecule is Cc1ccc(-c2nc(CC(=O)OCC(=O)Nc3ccccc3C)cs2)cc1. The van der Waals surface area contributed by atoms with Gasteiger partial charge in [0.1, 0.15) is 5.01 Å². The largest absolute Gasteiger partial charge is 0.455 e. The van der Waals surface area contributed by atoms with Crippen LogP contribution in [-0.2, 0) is 20.7 Å². The summed E-state index contributed by atoms with van der Waals surface area (Å²) >= 11 is 1.48. The molecule has 0 bridgehead atoms. The van der Waals surface area contributed by atoms with E-state index in [1.54, 1.807) is 6.07 Å². The summed E-state index contributed by atoms with van der Waals surface area (Å²) in [5.41, 5.74) is 4.50. The van der Waals surface area contributed by atoms with Crippen molar-refractivity contribution in [3.8, 4) is 10.6 Å². The zero-order valence-electron chi connectivity index (χ0n) is 15.2. The molecule has 1 heterocycles. The van der Waals surface area contributed by atoms with Crippen LogP contribution in [0.1, 0.15) is 16.8 Å². The summed E-state index contributed by atoms with van der Waals surface area (Å²) < 4.78 is 5.06. The van der Waals surface area contributed by atoms with Crippen LogP contribution in [0.3, 0.4) is 0 Å². The number of esters is 1. The fraction of sp³-hybridized carbons (Fsp3) is 0.190. The highest BCUT2D eigenvalue weighted by atomic mass is 32.1. The number of carbonyl (C=O) groups excluding carboxylic acids is 2. The molecule has 6 heteroatoms. The second-order valence-electron chi connectivity index (χ2n) is 6.21. The average Bonchev–Trinajstić information content (AvgIpc) is 3.11. The number of amides is 1. The third-order valence-electron chi connectivity index (χ3n) is 3.96. The van der Waals surface area contributed by atoms with Crippen LogP contribution >= 0.6 is 11.3 Å². The van der Waals surface area contributed by atoms with E-state index in [2.05, 4.69) is 10.3 Å². The summed E-state index contributed by atoms with van der Waals surface area (Å²) in [6, 6.07) is 15.5. The first-order valence-corrected chi connectivity index (χ1v) is 9.42. The minimum atomic E-state index is -0.476. The number of aryl methyl sites for hydroxylation is 2. The molecule has 2 aromatic carbocycles. The number of hydrogen-bond donors (Lipinski definition) is 1. The Kier molecular flexibility index (Phi) is 5.98. The van der Waals surface area contributed by atoms with Crippen molar-refractivity contribution in [1.82, 2.24) is 4.98 Å². The number of aromatic nitrogens is 1. The third-order valence-corrected chi connectivity index (χ3v) is 4.90. The van der Waals surface area contributed by atoms with Crippen molar-refractivity contribution in [2.24, 2.45) is 0 Å². The molecular weight excluding hydrogens is 360 g/mol. The molecule has 0 saturated carbocycles. The van der Waals surface area contributed by atoms with Crippen LogP contribution in [0.2, 0.25) is 0 Å². The summed E-state index contributed by atoms with van der Waals surface area (Å²) in [7, 11) is 0. The van der Waals surface area contributed by atoms with E-state index in [0.717, 1.165) is 16.1 Å². The Bertz CT molecular complexity index is 948. The number of benzene rings is 2. The van der Waals surface area contributed by atoms with Crippen molar-refractivity contribution >= 4 is 28.9 Å². The van der Waals surface area contributed by atoms with Gasteiger partial charge < -0.3 is 10.1 Å². The summed E-state index contributed by atoms with van der Waals surface area (Å²) in [6.45, 7) is 3.61. The monoisotopic (exact) mass is 380 g/mol. The molecule has 0 atom stereocenters. The van der Waals surface area contributed by atoms with Crippen molar-refractivity contribution in [2.45, 2.75) is 20.3 Å². The molecule has 0 aliphatic rings. The van der Waals surface area contributed by atoms with E-state index in [0.29, 0.717) is 11.4 Å². The minimum absolute atomic E-state index is 0.0417. The highest BCUT2D eigenvalue weighted by Gasteiger charge is 2.12. The van der Waals surface area contributed by atoms with Gasteiger partial charge in [0, 0.05) is 16.6 Å². The van der Waals surface area contributed by atoms with Crippen molar-refractivity contribution in [3.63, 3.8) is 0 Å². The van der Waals surface area contributed by atoms with Crippen molar-refractivity contribution < 1.29 is 14.3 Å². The van der Waals surface area contributed by atoms with Crippen LogP contribution in [0.4, 0.5) is 5.69 Å². The zero-order valence-corrected chi connectivity index (χ0v) is 16.0. The van der Waals surface area contributed by atoms with Gasteiger partial charge in [0.05, 0.1) is 12.1 Å². The molecule has 0 saturated heterocycles. The highest BCUT2D eigenvalue weighted by Crippen LogP contribution is 2.24. The highest BCUT2D eigenvalue weighted by molar-refractivity contribution is 7.13. The molecule has 0 fully saturated rings. The van der Waals surface area contributed by atoms with Gasteiger partial charge in [-0.2, -0.15) is 0 Å². The Labute approximate surface area is 162 Å². The Morgan fingerprint density at radius 1 is 1.07 bits per heavy atom. The Morgan fingerprint density at radius 3 is 2.56 bits per heavy atom. The maximum atomic E-state index is 12.0. The van der Waals surface area contributed by atoms with Crippen LogP contribution in [-0.4, -0.2) is 23.5 Å². The van der Waals surface area contributed by atoms with Crippen LogP contribution in [0.25, 0.3) is 10.6 Å². The Balaban J connectivity index is 1.50. The molecule has 3 aromatic rings. The maximum Gasteiger partial charge on any atom is 0.312 e. The van der Waals surface area contributed by atoms with Gasteiger partial charge in [0.25, 0.3) is 5.91 Å². The molecule has 1 amide bonds. The fourth-order valence-corrected chi connectivity index (χ4v) is 3.29. The summed E-state index contributed by atoms with van der Waals surface area (Å²) in [6.07, 6.45) is 0.0417. The summed E-state index contributed by atoms with van der Waals surface area (Å²) in [5, 5.41) is 5.42. The number of thiazole rings is 1. The van der Waals surface area contributed by atoms with Crippen LogP contribution in [0.5, 0.6) is 0 Å². The van der Waals surface area contributed by atoms with E-state index < -0.39 is 5.97 Å². The van der Waals surface area contributed by atoms with E-state index in [-0.39, 0.29) is 18.9 Å². The van der Waals surface area contributed by atoms with Gasteiger partial charge in [-0.25, -0.2) is 4.98 Å². The molecule has 138 valence electrons. The van der Waals surface area contributed by atoms with E-state index in [1.807, 2.05) is 61.7 Å². The first-order chi connectivity index (χ1) is 13.0. The Hall–Kier alpha value is -2.99. The quantitative estimate of drug-likeness (QED) is 0.652. The number of ether oxygens (including phenoxy) is 1. The number of nitrogens with one attached hydrogen (secondary N) is 1. The van der Waals surface area contributed by atoms with E-state index in [9.17, 15) is 9.59 Å². The van der Waals surface area contributed by atoms with Crippen molar-refractivity contribution in [3.05, 3.63) is 70.7 Å². The number of carbonyl (C=O) groups is 2. The molecule has 1 aromatic heterocycles. The first kappa shape index (κ1) is 18.8. The Morgan fingerprint density at radius 2 is 1.81 bits per heavy atom. The number of hydrogen-bond acceptors (Lipinski definition) is 5. The van der Waals surface area contributed by atoms with E-state index in [1.165, 1.54) is 16.9 Å². The third kappa shape index (κ3) is 5.24. The predicted molar refractivity (Wildman–Crippen MR) is 107 cm³/mol. The second kappa shape index (κ2) is 8.60. The van der Waals surface area contributed by atoms with Gasteiger partial charge in [0.2, 0.25) is 0 Å². The fourth-order valence-electron chi connectivity index (χ4n) is 2.46. The lowest BCUT2D eigenvalue weighted by atomic mass is 10.2. The molecule has 0 unspecified atom stereocenters. The summed E-state index contributed by atoms with van der Waals surface area (Å²) in [5.74, 6) is -0.841. The smallest absolute Gasteiger partial charge is 0.312 e. The van der Waals surface area contributed by atoms with Gasteiger partial charge >= 0.3 is 5.97 Å². The minimum Gasteiger partial charge on any atom is -0.455 e. The molecule has 0 aliphatic carbocycles. The second-order valence-corrected chi connectivity index (χ2v) is 7.07. The average molecular weight is 380 g/mol. The van der Waals surface area contributed by atoms with Gasteiger partial charge in [-0.15, -0.1) is 11.3 Å². The first-order valence-electron chi connectivity index (χ1n) is 8.54. The molecule has 0 spiro atoms. The zero-order chi connectivity index (χ0) is 19.2. The van der Waals surface area contributed by atoms with Gasteiger partial charge in [-0.3, -0.25) is 9.59 Å². The molecule has 0 radical (unpaired) electrons. The summed E-state index contributed by atoms with van der Waals surface area (Å²) in [4.78, 5) is 28.4. The lowest BCUT2D eigenvalue weighted by Crippen LogP contribution is -2.22. The number of nitrogens with zero attached hydrogens (tertiary/aromatic N) is 1. The number of rotatable bonds is 6. The molecule has 27 heavy (non-hydrogen) atoms. The van der Waals surface area contributed by atoms with E-state index >= 15 is 0 Å². The van der Waals surface area contributed by atoms with Crippen LogP contribution in [0, 0.1) is 13.8 Å². The molecular formula is C21H20N2O3S. The van der Waals surface area contributed by atoms with Gasteiger partial charge in [-0.1, -0.05) is 48.0 Å². The standard InChI is InChI=1S/C21H20N2O3S/c1-14-7-9-16(10-8-14)21-22-17(13-27-21)11-20(25)26-12-19(24)23-18-6-4-3-5-15(18)2/h3-10,13H,11-12H2,1-2H3,(H,23,24). The number of anilines is 1. The molecule has 3 rings (SSSR count). The molecule has 0 aliphatic heterocycles.